The molecule has 112 valence electrons. The van der Waals surface area contributed by atoms with Crippen LogP contribution in [0.2, 0.25) is 0 Å². The van der Waals surface area contributed by atoms with Crippen LogP contribution in [-0.4, -0.2) is 24.5 Å². The minimum atomic E-state index is -0.0284. The topological polar surface area (TPSA) is 41.1 Å². The first-order valence-electron chi connectivity index (χ1n) is 8.01. The number of hydrogen-bond donors (Lipinski definition) is 2. The first-order valence-corrected chi connectivity index (χ1v) is 8.01. The van der Waals surface area contributed by atoms with Gasteiger partial charge in [0.1, 0.15) is 0 Å². The van der Waals surface area contributed by atoms with Gasteiger partial charge < -0.3 is 10.6 Å². The van der Waals surface area contributed by atoms with Crippen molar-refractivity contribution in [3.8, 4) is 0 Å². The van der Waals surface area contributed by atoms with Crippen molar-refractivity contribution >= 4 is 5.91 Å². The molecule has 0 aromatic rings. The van der Waals surface area contributed by atoms with E-state index in [0.717, 1.165) is 19.4 Å². The van der Waals surface area contributed by atoms with Crippen molar-refractivity contribution < 1.29 is 4.79 Å². The van der Waals surface area contributed by atoms with Crippen LogP contribution in [0.3, 0.4) is 0 Å². The average Bonchev–Trinajstić information content (AvgIpc) is 2.34. The molecule has 0 bridgehead atoms. The standard InChI is InChI=1S/C16H32N2O/c1-5-6-7-8-10-13(2)18-15(19)14-16(3,4)11-9-12-17-14/h13-14,17H,5-12H2,1-4H3,(H,18,19). The van der Waals surface area contributed by atoms with Crippen molar-refractivity contribution in [2.75, 3.05) is 6.54 Å². The van der Waals surface area contributed by atoms with Crippen molar-refractivity contribution in [1.29, 1.82) is 0 Å². The Morgan fingerprint density at radius 2 is 2.11 bits per heavy atom. The SMILES string of the molecule is CCCCCCC(C)NC(=O)C1NCCCC1(C)C. The van der Waals surface area contributed by atoms with Gasteiger partial charge in [-0.25, -0.2) is 0 Å². The van der Waals surface area contributed by atoms with E-state index in [-0.39, 0.29) is 17.4 Å². The molecule has 2 atom stereocenters. The Morgan fingerprint density at radius 1 is 1.37 bits per heavy atom. The molecule has 0 spiro atoms. The highest BCUT2D eigenvalue weighted by Gasteiger charge is 2.37. The van der Waals surface area contributed by atoms with Gasteiger partial charge in [0.05, 0.1) is 6.04 Å². The average molecular weight is 268 g/mol. The lowest BCUT2D eigenvalue weighted by Crippen LogP contribution is -2.56. The summed E-state index contributed by atoms with van der Waals surface area (Å²) in [5, 5.41) is 6.56. The van der Waals surface area contributed by atoms with Crippen molar-refractivity contribution in [3.05, 3.63) is 0 Å². The summed E-state index contributed by atoms with van der Waals surface area (Å²) in [7, 11) is 0. The van der Waals surface area contributed by atoms with E-state index in [0.29, 0.717) is 6.04 Å². The lowest BCUT2D eigenvalue weighted by molar-refractivity contribution is -0.127. The zero-order valence-electron chi connectivity index (χ0n) is 13.2. The molecule has 0 saturated carbocycles. The van der Waals surface area contributed by atoms with E-state index in [4.69, 9.17) is 0 Å². The van der Waals surface area contributed by atoms with E-state index in [1.165, 1.54) is 32.1 Å². The highest BCUT2D eigenvalue weighted by molar-refractivity contribution is 5.83. The number of hydrogen-bond acceptors (Lipinski definition) is 2. The maximum atomic E-state index is 12.3. The van der Waals surface area contributed by atoms with Crippen LogP contribution in [0.25, 0.3) is 0 Å². The Morgan fingerprint density at radius 3 is 2.74 bits per heavy atom. The molecular weight excluding hydrogens is 236 g/mol. The maximum Gasteiger partial charge on any atom is 0.237 e. The van der Waals surface area contributed by atoms with Gasteiger partial charge in [0.25, 0.3) is 0 Å². The van der Waals surface area contributed by atoms with E-state index in [2.05, 4.69) is 38.3 Å². The van der Waals surface area contributed by atoms with Crippen molar-refractivity contribution in [1.82, 2.24) is 10.6 Å². The van der Waals surface area contributed by atoms with Gasteiger partial charge >= 0.3 is 0 Å². The molecule has 1 aliphatic rings. The second-order valence-electron chi connectivity index (χ2n) is 6.74. The van der Waals surface area contributed by atoms with Crippen LogP contribution in [0.4, 0.5) is 0 Å². The molecule has 1 fully saturated rings. The summed E-state index contributed by atoms with van der Waals surface area (Å²) in [5.41, 5.74) is 0.0737. The van der Waals surface area contributed by atoms with Gasteiger partial charge in [-0.2, -0.15) is 0 Å². The number of rotatable bonds is 7. The molecule has 0 radical (unpaired) electrons. The monoisotopic (exact) mass is 268 g/mol. The molecule has 1 heterocycles. The highest BCUT2D eigenvalue weighted by atomic mass is 16.2. The third-order valence-electron chi connectivity index (χ3n) is 4.27. The van der Waals surface area contributed by atoms with Crippen LogP contribution in [0.1, 0.15) is 72.6 Å². The van der Waals surface area contributed by atoms with Crippen molar-refractivity contribution in [2.45, 2.75) is 84.7 Å². The summed E-state index contributed by atoms with van der Waals surface area (Å²) in [6, 6.07) is 0.267. The molecule has 3 nitrogen and oxygen atoms in total. The minimum absolute atomic E-state index is 0.0284. The fourth-order valence-electron chi connectivity index (χ4n) is 2.93. The van der Waals surface area contributed by atoms with Crippen molar-refractivity contribution in [2.24, 2.45) is 5.41 Å². The molecule has 1 amide bonds. The molecule has 1 rings (SSSR count). The van der Waals surface area contributed by atoms with Crippen LogP contribution in [0.15, 0.2) is 0 Å². The van der Waals surface area contributed by atoms with E-state index >= 15 is 0 Å². The first kappa shape index (κ1) is 16.5. The molecule has 2 N–H and O–H groups in total. The van der Waals surface area contributed by atoms with Crippen LogP contribution in [0.5, 0.6) is 0 Å². The summed E-state index contributed by atoms with van der Waals surface area (Å²) in [6.07, 6.45) is 8.46. The number of unbranched alkanes of at least 4 members (excludes halogenated alkanes) is 3. The largest absolute Gasteiger partial charge is 0.352 e. The van der Waals surface area contributed by atoms with Crippen LogP contribution in [-0.2, 0) is 4.79 Å². The zero-order chi connectivity index (χ0) is 14.3. The Kier molecular flexibility index (Phi) is 6.84. The number of amides is 1. The van der Waals surface area contributed by atoms with Crippen LogP contribution in [0, 0.1) is 5.41 Å². The molecule has 0 aliphatic carbocycles. The Balaban J connectivity index is 2.32. The molecule has 1 aliphatic heterocycles. The van der Waals surface area contributed by atoms with Gasteiger partial charge in [0, 0.05) is 6.04 Å². The Labute approximate surface area is 118 Å². The fraction of sp³-hybridized carbons (Fsp3) is 0.938. The lowest BCUT2D eigenvalue weighted by Gasteiger charge is -2.38. The van der Waals surface area contributed by atoms with Gasteiger partial charge in [0.2, 0.25) is 5.91 Å². The van der Waals surface area contributed by atoms with Crippen LogP contribution < -0.4 is 10.6 Å². The molecule has 19 heavy (non-hydrogen) atoms. The summed E-state index contributed by atoms with van der Waals surface area (Å²) >= 11 is 0. The van der Waals surface area contributed by atoms with Crippen LogP contribution >= 0.6 is 0 Å². The molecule has 3 heteroatoms. The summed E-state index contributed by atoms with van der Waals surface area (Å²) in [6.45, 7) is 9.69. The number of carbonyl (C=O) groups is 1. The molecule has 1 saturated heterocycles. The van der Waals surface area contributed by atoms with Gasteiger partial charge in [-0.1, -0.05) is 46.5 Å². The van der Waals surface area contributed by atoms with Gasteiger partial charge in [-0.3, -0.25) is 4.79 Å². The second-order valence-corrected chi connectivity index (χ2v) is 6.74. The smallest absolute Gasteiger partial charge is 0.237 e. The molecule has 2 unspecified atom stereocenters. The summed E-state index contributed by atoms with van der Waals surface area (Å²) in [4.78, 5) is 12.3. The quantitative estimate of drug-likeness (QED) is 0.696. The fourth-order valence-corrected chi connectivity index (χ4v) is 2.93. The number of piperidine rings is 1. The molecular formula is C16H32N2O. The Bertz CT molecular complexity index is 276. The minimum Gasteiger partial charge on any atom is -0.352 e. The van der Waals surface area contributed by atoms with Crippen molar-refractivity contribution in [3.63, 3.8) is 0 Å². The normalized spacial score (nSPS) is 23.9. The molecule has 0 aromatic heterocycles. The number of nitrogens with one attached hydrogen (secondary N) is 2. The van der Waals surface area contributed by atoms with E-state index in [9.17, 15) is 4.79 Å². The lowest BCUT2D eigenvalue weighted by atomic mass is 9.77. The zero-order valence-corrected chi connectivity index (χ0v) is 13.2. The summed E-state index contributed by atoms with van der Waals surface area (Å²) < 4.78 is 0. The first-order chi connectivity index (χ1) is 8.97. The maximum absolute atomic E-state index is 12.3. The van der Waals surface area contributed by atoms with E-state index in [1.54, 1.807) is 0 Å². The number of carbonyl (C=O) groups excluding carboxylic acids is 1. The second kappa shape index (κ2) is 7.88. The predicted molar refractivity (Wildman–Crippen MR) is 81.2 cm³/mol. The van der Waals surface area contributed by atoms with Gasteiger partial charge in [0.15, 0.2) is 0 Å². The van der Waals surface area contributed by atoms with E-state index < -0.39 is 0 Å². The molecule has 0 aromatic carbocycles. The van der Waals surface area contributed by atoms with Gasteiger partial charge in [-0.05, 0) is 38.1 Å². The third kappa shape index (κ3) is 5.52. The highest BCUT2D eigenvalue weighted by Crippen LogP contribution is 2.30. The Hall–Kier alpha value is -0.570. The predicted octanol–water partition coefficient (Wildman–Crippen LogP) is 3.24. The third-order valence-corrected chi connectivity index (χ3v) is 4.27. The van der Waals surface area contributed by atoms with Gasteiger partial charge in [-0.15, -0.1) is 0 Å². The summed E-state index contributed by atoms with van der Waals surface area (Å²) in [5.74, 6) is 0.188. The van der Waals surface area contributed by atoms with E-state index in [1.807, 2.05) is 0 Å².